The lowest BCUT2D eigenvalue weighted by Gasteiger charge is -2.14. The van der Waals surface area contributed by atoms with Gasteiger partial charge in [0.1, 0.15) is 0 Å². The van der Waals surface area contributed by atoms with Crippen LogP contribution in [-0.4, -0.2) is 28.0 Å². The van der Waals surface area contributed by atoms with Gasteiger partial charge >= 0.3 is 0 Å². The molecule has 3 rings (SSSR count). The van der Waals surface area contributed by atoms with Crippen molar-refractivity contribution in [3.63, 3.8) is 0 Å². The lowest BCUT2D eigenvalue weighted by Crippen LogP contribution is -2.38. The minimum absolute atomic E-state index is 0.131. The van der Waals surface area contributed by atoms with Gasteiger partial charge in [-0.1, -0.05) is 23.4 Å². The van der Waals surface area contributed by atoms with E-state index in [1.165, 1.54) is 11.3 Å². The molecule has 1 aromatic heterocycles. The van der Waals surface area contributed by atoms with Gasteiger partial charge in [0.2, 0.25) is 12.3 Å². The average Bonchev–Trinajstić information content (AvgIpc) is 3.06. The number of hydrogen-bond acceptors (Lipinski definition) is 6. The number of amides is 2. The monoisotopic (exact) mass is 272 g/mol. The molecule has 2 heterocycles. The molecule has 1 aliphatic heterocycles. The van der Waals surface area contributed by atoms with Crippen LogP contribution >= 0.6 is 0 Å². The Bertz CT molecular complexity index is 612. The van der Waals surface area contributed by atoms with Crippen molar-refractivity contribution in [1.29, 1.82) is 0 Å². The first-order valence-corrected chi connectivity index (χ1v) is 6.16. The summed E-state index contributed by atoms with van der Waals surface area (Å²) in [6.45, 7) is 0.281. The first kappa shape index (κ1) is 12.5. The number of benzene rings is 1. The number of hydrogen-bond donors (Lipinski definition) is 1. The standard InChI is InChI=1S/C13H12N4O3/c18-12-6-10(14-7-11-15-8-20-16-11)13(19)17(12)9-4-2-1-3-5-9/h1-5,8,10,14H,6-7H2. The van der Waals surface area contributed by atoms with Crippen molar-refractivity contribution >= 4 is 17.5 Å². The number of rotatable bonds is 4. The third-order valence-electron chi connectivity index (χ3n) is 3.07. The molecule has 20 heavy (non-hydrogen) atoms. The SMILES string of the molecule is O=C1CC(NCc2ncon2)C(=O)N1c1ccccc1. The van der Waals surface area contributed by atoms with Gasteiger partial charge in [0.25, 0.3) is 5.91 Å². The van der Waals surface area contributed by atoms with Crippen molar-refractivity contribution in [3.8, 4) is 0 Å². The minimum atomic E-state index is -0.554. The third kappa shape index (κ3) is 2.30. The van der Waals surface area contributed by atoms with E-state index in [4.69, 9.17) is 0 Å². The van der Waals surface area contributed by atoms with Gasteiger partial charge in [-0.3, -0.25) is 14.9 Å². The molecule has 0 radical (unpaired) electrons. The molecule has 1 fully saturated rings. The van der Waals surface area contributed by atoms with Crippen LogP contribution in [0.1, 0.15) is 12.2 Å². The summed E-state index contributed by atoms with van der Waals surface area (Å²) in [6.07, 6.45) is 1.35. The van der Waals surface area contributed by atoms with E-state index in [9.17, 15) is 9.59 Å². The molecule has 2 aromatic rings. The quantitative estimate of drug-likeness (QED) is 0.815. The first-order chi connectivity index (χ1) is 9.75. The predicted molar refractivity (Wildman–Crippen MR) is 68.5 cm³/mol. The van der Waals surface area contributed by atoms with Crippen molar-refractivity contribution in [3.05, 3.63) is 42.5 Å². The van der Waals surface area contributed by atoms with Gasteiger partial charge in [-0.05, 0) is 12.1 Å². The van der Waals surface area contributed by atoms with Gasteiger partial charge in [-0.2, -0.15) is 4.98 Å². The Morgan fingerprint density at radius 3 is 2.80 bits per heavy atom. The van der Waals surface area contributed by atoms with Crippen molar-refractivity contribution < 1.29 is 14.1 Å². The normalized spacial score (nSPS) is 18.8. The molecule has 1 unspecified atom stereocenters. The maximum atomic E-state index is 12.3. The number of nitrogens with one attached hydrogen (secondary N) is 1. The molecule has 102 valence electrons. The highest BCUT2D eigenvalue weighted by Crippen LogP contribution is 2.22. The van der Waals surface area contributed by atoms with Gasteiger partial charge < -0.3 is 4.52 Å². The molecule has 0 bridgehead atoms. The average molecular weight is 272 g/mol. The van der Waals surface area contributed by atoms with Crippen LogP contribution in [-0.2, 0) is 16.1 Å². The molecule has 1 saturated heterocycles. The van der Waals surface area contributed by atoms with Crippen molar-refractivity contribution in [2.75, 3.05) is 4.90 Å². The highest BCUT2D eigenvalue weighted by Gasteiger charge is 2.39. The first-order valence-electron chi connectivity index (χ1n) is 6.16. The molecule has 1 N–H and O–H groups in total. The lowest BCUT2D eigenvalue weighted by molar-refractivity contribution is -0.121. The Hall–Kier alpha value is -2.54. The van der Waals surface area contributed by atoms with Crippen LogP contribution in [0.3, 0.4) is 0 Å². The van der Waals surface area contributed by atoms with Crippen molar-refractivity contribution in [2.45, 2.75) is 19.0 Å². The second-order valence-electron chi connectivity index (χ2n) is 4.39. The number of anilines is 1. The summed E-state index contributed by atoms with van der Waals surface area (Å²) in [5, 5.41) is 6.61. The van der Waals surface area contributed by atoms with Crippen LogP contribution in [0.4, 0.5) is 5.69 Å². The van der Waals surface area contributed by atoms with E-state index >= 15 is 0 Å². The molecule has 1 atom stereocenters. The Balaban J connectivity index is 1.70. The van der Waals surface area contributed by atoms with Crippen molar-refractivity contribution in [1.82, 2.24) is 15.5 Å². The summed E-state index contributed by atoms with van der Waals surface area (Å²) < 4.78 is 4.60. The van der Waals surface area contributed by atoms with E-state index in [-0.39, 0.29) is 24.8 Å². The van der Waals surface area contributed by atoms with E-state index in [0.717, 1.165) is 0 Å². The van der Waals surface area contributed by atoms with E-state index in [1.807, 2.05) is 6.07 Å². The summed E-state index contributed by atoms with van der Waals surface area (Å²) in [6, 6.07) is 8.32. The van der Waals surface area contributed by atoms with Crippen LogP contribution < -0.4 is 10.2 Å². The number of aromatic nitrogens is 2. The molecule has 7 heteroatoms. The minimum Gasteiger partial charge on any atom is -0.343 e. The fourth-order valence-electron chi connectivity index (χ4n) is 2.12. The summed E-state index contributed by atoms with van der Waals surface area (Å²) in [4.78, 5) is 29.3. The topological polar surface area (TPSA) is 88.3 Å². The summed E-state index contributed by atoms with van der Waals surface area (Å²) in [5.41, 5.74) is 0.589. The Morgan fingerprint density at radius 2 is 2.10 bits per heavy atom. The number of nitrogens with zero attached hydrogens (tertiary/aromatic N) is 3. The van der Waals surface area contributed by atoms with E-state index in [2.05, 4.69) is 20.0 Å². The van der Waals surface area contributed by atoms with Gasteiger partial charge in [-0.25, -0.2) is 4.90 Å². The second kappa shape index (κ2) is 5.22. The van der Waals surface area contributed by atoms with E-state index < -0.39 is 6.04 Å². The van der Waals surface area contributed by atoms with Crippen LogP contribution in [0.15, 0.2) is 41.2 Å². The van der Waals surface area contributed by atoms with Crippen molar-refractivity contribution in [2.24, 2.45) is 0 Å². The van der Waals surface area contributed by atoms with Gasteiger partial charge in [0.05, 0.1) is 24.7 Å². The fourth-order valence-corrected chi connectivity index (χ4v) is 2.12. The summed E-state index contributed by atoms with van der Waals surface area (Å²) in [5.74, 6) is -0.0279. The zero-order valence-corrected chi connectivity index (χ0v) is 10.5. The molecule has 0 spiro atoms. The van der Waals surface area contributed by atoms with E-state index in [1.54, 1.807) is 24.3 Å². The lowest BCUT2D eigenvalue weighted by atomic mass is 10.2. The van der Waals surface area contributed by atoms with Gasteiger partial charge in [-0.15, -0.1) is 0 Å². The number of imide groups is 1. The molecule has 2 amide bonds. The molecule has 1 aromatic carbocycles. The summed E-state index contributed by atoms with van der Waals surface area (Å²) >= 11 is 0. The molecular weight excluding hydrogens is 260 g/mol. The van der Waals surface area contributed by atoms with Crippen LogP contribution in [0, 0.1) is 0 Å². The molecule has 7 nitrogen and oxygen atoms in total. The zero-order chi connectivity index (χ0) is 13.9. The maximum Gasteiger partial charge on any atom is 0.251 e. The zero-order valence-electron chi connectivity index (χ0n) is 10.5. The van der Waals surface area contributed by atoms with Crippen LogP contribution in [0.2, 0.25) is 0 Å². The molecular formula is C13H12N4O3. The Labute approximate surface area is 114 Å². The highest BCUT2D eigenvalue weighted by atomic mass is 16.5. The largest absolute Gasteiger partial charge is 0.343 e. The van der Waals surface area contributed by atoms with Crippen LogP contribution in [0.25, 0.3) is 0 Å². The van der Waals surface area contributed by atoms with Gasteiger partial charge in [0, 0.05) is 0 Å². The number of para-hydroxylation sites is 1. The van der Waals surface area contributed by atoms with Gasteiger partial charge in [0.15, 0.2) is 5.82 Å². The molecule has 0 aliphatic carbocycles. The second-order valence-corrected chi connectivity index (χ2v) is 4.39. The highest BCUT2D eigenvalue weighted by molar-refractivity contribution is 6.22. The maximum absolute atomic E-state index is 12.3. The number of carbonyl (C=O) groups is 2. The molecule has 0 saturated carbocycles. The fraction of sp³-hybridized carbons (Fsp3) is 0.231. The number of carbonyl (C=O) groups excluding carboxylic acids is 2. The summed E-state index contributed by atoms with van der Waals surface area (Å²) in [7, 11) is 0. The predicted octanol–water partition coefficient (Wildman–Crippen LogP) is 0.491. The smallest absolute Gasteiger partial charge is 0.251 e. The Kier molecular flexibility index (Phi) is 3.26. The van der Waals surface area contributed by atoms with Crippen LogP contribution in [0.5, 0.6) is 0 Å². The third-order valence-corrected chi connectivity index (χ3v) is 3.07. The van der Waals surface area contributed by atoms with E-state index in [0.29, 0.717) is 11.5 Å². The molecule has 1 aliphatic rings. The Morgan fingerprint density at radius 1 is 1.30 bits per heavy atom.